The summed E-state index contributed by atoms with van der Waals surface area (Å²) in [7, 11) is 0. The van der Waals surface area contributed by atoms with E-state index in [9.17, 15) is 14.7 Å². The van der Waals surface area contributed by atoms with E-state index in [2.05, 4.69) is 16.4 Å². The molecule has 0 aliphatic heterocycles. The summed E-state index contributed by atoms with van der Waals surface area (Å²) in [5.41, 5.74) is 4.21. The van der Waals surface area contributed by atoms with Crippen molar-refractivity contribution in [1.82, 2.24) is 4.98 Å². The molecule has 2 aromatic rings. The average molecular weight is 358 g/mol. The molecule has 0 saturated heterocycles. The number of anilines is 1. The van der Waals surface area contributed by atoms with Gasteiger partial charge < -0.3 is 10.4 Å². The summed E-state index contributed by atoms with van der Waals surface area (Å²) in [5.74, 6) is -2.17. The summed E-state index contributed by atoms with van der Waals surface area (Å²) in [4.78, 5) is 28.4. The van der Waals surface area contributed by atoms with Gasteiger partial charge in [0.2, 0.25) is 5.91 Å². The number of aryl methyl sites for hydroxylation is 2. The van der Waals surface area contributed by atoms with Crippen molar-refractivity contribution >= 4 is 28.3 Å². The van der Waals surface area contributed by atoms with E-state index in [1.807, 2.05) is 31.4 Å². The first-order valence-electron chi connectivity index (χ1n) is 8.52. The smallest absolute Gasteiger partial charge is 0.307 e. The molecule has 2 atom stereocenters. The van der Waals surface area contributed by atoms with Crippen molar-refractivity contribution in [2.24, 2.45) is 11.8 Å². The van der Waals surface area contributed by atoms with E-state index in [1.54, 1.807) is 0 Å². The van der Waals surface area contributed by atoms with Gasteiger partial charge in [-0.05, 0) is 32.3 Å². The molecule has 132 valence electrons. The summed E-state index contributed by atoms with van der Waals surface area (Å²) in [6.07, 6.45) is 2.96. The molecule has 1 fully saturated rings. The first-order chi connectivity index (χ1) is 12.0. The fraction of sp³-hybridized carbons (Fsp3) is 0.421. The SMILES string of the molecule is Cc1ccc(-c2csc(NC(=O)[C@H]3CCCC[C@H]3C(=O)O)n2)c(C)c1. The van der Waals surface area contributed by atoms with Crippen LogP contribution in [0.25, 0.3) is 11.3 Å². The van der Waals surface area contributed by atoms with Crippen LogP contribution in [0.1, 0.15) is 36.8 Å². The number of aromatic nitrogens is 1. The molecule has 6 heteroatoms. The zero-order chi connectivity index (χ0) is 18.0. The molecule has 2 N–H and O–H groups in total. The highest BCUT2D eigenvalue weighted by Crippen LogP contribution is 2.33. The lowest BCUT2D eigenvalue weighted by molar-refractivity contribution is -0.147. The number of benzene rings is 1. The van der Waals surface area contributed by atoms with Crippen LogP contribution in [0, 0.1) is 25.7 Å². The van der Waals surface area contributed by atoms with E-state index >= 15 is 0 Å². The third-order valence-electron chi connectivity index (χ3n) is 4.81. The number of nitrogens with one attached hydrogen (secondary N) is 1. The Kier molecular flexibility index (Phi) is 5.18. The molecule has 1 aliphatic rings. The van der Waals surface area contributed by atoms with E-state index in [0.717, 1.165) is 29.7 Å². The molecule has 5 nitrogen and oxygen atoms in total. The van der Waals surface area contributed by atoms with E-state index < -0.39 is 17.8 Å². The van der Waals surface area contributed by atoms with Gasteiger partial charge in [0.15, 0.2) is 5.13 Å². The van der Waals surface area contributed by atoms with Crippen molar-refractivity contribution < 1.29 is 14.7 Å². The second-order valence-electron chi connectivity index (χ2n) is 6.68. The first kappa shape index (κ1) is 17.6. The predicted molar refractivity (Wildman–Crippen MR) is 98.7 cm³/mol. The molecule has 0 bridgehead atoms. The van der Waals surface area contributed by atoms with Crippen LogP contribution in [-0.2, 0) is 9.59 Å². The third kappa shape index (κ3) is 3.90. The molecular weight excluding hydrogens is 336 g/mol. The van der Waals surface area contributed by atoms with Crippen molar-refractivity contribution in [3.8, 4) is 11.3 Å². The number of hydrogen-bond acceptors (Lipinski definition) is 4. The Labute approximate surface area is 151 Å². The molecule has 0 spiro atoms. The molecule has 1 heterocycles. The van der Waals surface area contributed by atoms with Gasteiger partial charge in [-0.25, -0.2) is 4.98 Å². The van der Waals surface area contributed by atoms with Crippen LogP contribution in [0.3, 0.4) is 0 Å². The lowest BCUT2D eigenvalue weighted by atomic mass is 9.79. The Morgan fingerprint density at radius 3 is 2.60 bits per heavy atom. The van der Waals surface area contributed by atoms with Gasteiger partial charge in [-0.3, -0.25) is 9.59 Å². The third-order valence-corrected chi connectivity index (χ3v) is 5.57. The van der Waals surface area contributed by atoms with E-state index in [-0.39, 0.29) is 5.91 Å². The van der Waals surface area contributed by atoms with Crippen LogP contribution < -0.4 is 5.32 Å². The van der Waals surface area contributed by atoms with Crippen molar-refractivity contribution in [3.63, 3.8) is 0 Å². The minimum Gasteiger partial charge on any atom is -0.481 e. The monoisotopic (exact) mass is 358 g/mol. The summed E-state index contributed by atoms with van der Waals surface area (Å²) < 4.78 is 0. The molecule has 0 unspecified atom stereocenters. The quantitative estimate of drug-likeness (QED) is 0.856. The summed E-state index contributed by atoms with van der Waals surface area (Å²) >= 11 is 1.37. The molecule has 0 radical (unpaired) electrons. The summed E-state index contributed by atoms with van der Waals surface area (Å²) in [5, 5.41) is 14.6. The zero-order valence-electron chi connectivity index (χ0n) is 14.4. The minimum absolute atomic E-state index is 0.228. The average Bonchev–Trinajstić information content (AvgIpc) is 3.02. The van der Waals surface area contributed by atoms with Gasteiger partial charge in [0, 0.05) is 10.9 Å². The fourth-order valence-corrected chi connectivity index (χ4v) is 4.21. The summed E-state index contributed by atoms with van der Waals surface area (Å²) in [6.45, 7) is 4.09. The molecule has 1 saturated carbocycles. The van der Waals surface area contributed by atoms with Crippen molar-refractivity contribution in [2.45, 2.75) is 39.5 Å². The van der Waals surface area contributed by atoms with Crippen LogP contribution in [0.2, 0.25) is 0 Å². The number of carbonyl (C=O) groups excluding carboxylic acids is 1. The highest BCUT2D eigenvalue weighted by Gasteiger charge is 2.35. The second-order valence-corrected chi connectivity index (χ2v) is 7.54. The number of nitrogens with zero attached hydrogens (tertiary/aromatic N) is 1. The van der Waals surface area contributed by atoms with E-state index in [4.69, 9.17) is 0 Å². The second kappa shape index (κ2) is 7.35. The zero-order valence-corrected chi connectivity index (χ0v) is 15.2. The Bertz CT molecular complexity index is 800. The Balaban J connectivity index is 1.74. The number of thiazole rings is 1. The van der Waals surface area contributed by atoms with E-state index in [1.165, 1.54) is 16.9 Å². The van der Waals surface area contributed by atoms with Crippen molar-refractivity contribution in [2.75, 3.05) is 5.32 Å². The molecule has 1 aromatic carbocycles. The molecule has 1 aromatic heterocycles. The van der Waals surface area contributed by atoms with Crippen molar-refractivity contribution in [3.05, 3.63) is 34.7 Å². The van der Waals surface area contributed by atoms with Gasteiger partial charge in [-0.1, -0.05) is 36.6 Å². The highest BCUT2D eigenvalue weighted by molar-refractivity contribution is 7.14. The summed E-state index contributed by atoms with van der Waals surface area (Å²) in [6, 6.07) is 6.18. The maximum Gasteiger partial charge on any atom is 0.307 e. The number of hydrogen-bond donors (Lipinski definition) is 2. The Morgan fingerprint density at radius 2 is 1.92 bits per heavy atom. The molecular formula is C19H22N2O3S. The number of carboxylic acids is 1. The number of aliphatic carboxylic acids is 1. The minimum atomic E-state index is -0.880. The predicted octanol–water partition coefficient (Wildman–Crippen LogP) is 4.26. The largest absolute Gasteiger partial charge is 0.481 e. The number of rotatable bonds is 4. The van der Waals surface area contributed by atoms with Crippen molar-refractivity contribution in [1.29, 1.82) is 0 Å². The maximum absolute atomic E-state index is 12.5. The van der Waals surface area contributed by atoms with Crippen LogP contribution in [0.4, 0.5) is 5.13 Å². The van der Waals surface area contributed by atoms with Crippen LogP contribution in [-0.4, -0.2) is 22.0 Å². The standard InChI is InChI=1S/C19H22N2O3S/c1-11-7-8-13(12(2)9-11)16-10-25-19(20-16)21-17(22)14-5-3-4-6-15(14)18(23)24/h7-10,14-15H,3-6H2,1-2H3,(H,23,24)(H,20,21,22)/t14-,15+/m0/s1. The van der Waals surface area contributed by atoms with Gasteiger partial charge in [0.1, 0.15) is 0 Å². The highest BCUT2D eigenvalue weighted by atomic mass is 32.1. The van der Waals surface area contributed by atoms with E-state index in [0.29, 0.717) is 18.0 Å². The van der Waals surface area contributed by atoms with Crippen LogP contribution in [0.5, 0.6) is 0 Å². The first-order valence-corrected chi connectivity index (χ1v) is 9.40. The number of carbonyl (C=O) groups is 2. The maximum atomic E-state index is 12.5. The van der Waals surface area contributed by atoms with Gasteiger partial charge in [-0.15, -0.1) is 11.3 Å². The van der Waals surface area contributed by atoms with Gasteiger partial charge in [0.25, 0.3) is 0 Å². The molecule has 1 amide bonds. The lowest BCUT2D eigenvalue weighted by Crippen LogP contribution is -2.36. The fourth-order valence-electron chi connectivity index (χ4n) is 3.49. The van der Waals surface area contributed by atoms with Crippen LogP contribution in [0.15, 0.2) is 23.6 Å². The molecule has 1 aliphatic carbocycles. The van der Waals surface area contributed by atoms with Crippen LogP contribution >= 0.6 is 11.3 Å². The topological polar surface area (TPSA) is 79.3 Å². The molecule has 3 rings (SSSR count). The Morgan fingerprint density at radius 1 is 1.20 bits per heavy atom. The molecule has 25 heavy (non-hydrogen) atoms. The number of carboxylic acid groups (broad SMARTS) is 1. The van der Waals surface area contributed by atoms with Gasteiger partial charge in [-0.2, -0.15) is 0 Å². The lowest BCUT2D eigenvalue weighted by Gasteiger charge is -2.26. The van der Waals surface area contributed by atoms with Gasteiger partial charge >= 0.3 is 5.97 Å². The van der Waals surface area contributed by atoms with Gasteiger partial charge in [0.05, 0.1) is 17.5 Å². The Hall–Kier alpha value is -2.21. The normalized spacial score (nSPS) is 20.2. The number of amides is 1.